The van der Waals surface area contributed by atoms with Crippen LogP contribution in [0.3, 0.4) is 0 Å². The summed E-state index contributed by atoms with van der Waals surface area (Å²) in [4.78, 5) is 12.0. The van der Waals surface area contributed by atoms with Crippen LogP contribution in [0, 0.1) is 13.8 Å². The number of nitrogens with zero attached hydrogens (tertiary/aromatic N) is 5. The van der Waals surface area contributed by atoms with Crippen molar-refractivity contribution in [2.75, 3.05) is 26.7 Å². The van der Waals surface area contributed by atoms with E-state index in [9.17, 15) is 8.42 Å². The number of aromatic amines is 1. The summed E-state index contributed by atoms with van der Waals surface area (Å²) in [7, 11) is -1.47. The lowest BCUT2D eigenvalue weighted by Gasteiger charge is -2.32. The Bertz CT molecular complexity index is 935. The SMILES string of the molecule is Cc1n[nH]c(C)c1S(=O)(=O)N1CCCC(c2ncc3c(n2)CCN(C)C3)C1. The first-order chi connectivity index (χ1) is 12.9. The van der Waals surface area contributed by atoms with Gasteiger partial charge in [0.25, 0.3) is 0 Å². The van der Waals surface area contributed by atoms with Crippen molar-refractivity contribution in [3.8, 4) is 0 Å². The van der Waals surface area contributed by atoms with Gasteiger partial charge in [-0.3, -0.25) is 5.10 Å². The summed E-state index contributed by atoms with van der Waals surface area (Å²) in [6, 6.07) is 0. The third-order valence-electron chi connectivity index (χ3n) is 5.55. The molecule has 4 rings (SSSR count). The van der Waals surface area contributed by atoms with Crippen molar-refractivity contribution in [1.82, 2.24) is 29.4 Å². The zero-order valence-electron chi connectivity index (χ0n) is 16.1. The van der Waals surface area contributed by atoms with E-state index in [1.165, 1.54) is 5.56 Å². The van der Waals surface area contributed by atoms with Crippen LogP contribution < -0.4 is 0 Å². The van der Waals surface area contributed by atoms with E-state index in [-0.39, 0.29) is 5.92 Å². The molecule has 1 unspecified atom stereocenters. The van der Waals surface area contributed by atoms with E-state index in [1.807, 2.05) is 6.20 Å². The Kier molecular flexibility index (Phi) is 4.77. The number of hydrogen-bond donors (Lipinski definition) is 1. The van der Waals surface area contributed by atoms with Gasteiger partial charge in [-0.25, -0.2) is 18.4 Å². The van der Waals surface area contributed by atoms with Crippen molar-refractivity contribution in [2.24, 2.45) is 0 Å². The molecule has 9 heteroatoms. The van der Waals surface area contributed by atoms with Crippen molar-refractivity contribution in [2.45, 2.75) is 50.5 Å². The summed E-state index contributed by atoms with van der Waals surface area (Å²) in [6.45, 7) is 6.29. The fraction of sp³-hybridized carbons (Fsp3) is 0.611. The number of piperidine rings is 1. The number of aromatic nitrogens is 4. The van der Waals surface area contributed by atoms with Crippen molar-refractivity contribution >= 4 is 10.0 Å². The molecule has 2 aliphatic heterocycles. The number of H-pyrrole nitrogens is 1. The molecule has 146 valence electrons. The Labute approximate surface area is 160 Å². The zero-order chi connectivity index (χ0) is 19.2. The molecule has 1 fully saturated rings. The first-order valence-corrected chi connectivity index (χ1v) is 10.8. The molecule has 8 nitrogen and oxygen atoms in total. The highest BCUT2D eigenvalue weighted by Crippen LogP contribution is 2.31. The number of hydrogen-bond acceptors (Lipinski definition) is 6. The molecule has 0 aromatic carbocycles. The largest absolute Gasteiger partial charge is 0.302 e. The molecule has 0 spiro atoms. The van der Waals surface area contributed by atoms with Crippen molar-refractivity contribution in [3.05, 3.63) is 34.7 Å². The lowest BCUT2D eigenvalue weighted by Crippen LogP contribution is -2.40. The van der Waals surface area contributed by atoms with Gasteiger partial charge >= 0.3 is 0 Å². The second-order valence-electron chi connectivity index (χ2n) is 7.65. The molecule has 27 heavy (non-hydrogen) atoms. The van der Waals surface area contributed by atoms with Gasteiger partial charge in [-0.15, -0.1) is 0 Å². The van der Waals surface area contributed by atoms with E-state index in [2.05, 4.69) is 27.1 Å². The van der Waals surface area contributed by atoms with E-state index in [4.69, 9.17) is 4.98 Å². The predicted octanol–water partition coefficient (Wildman–Crippen LogP) is 1.37. The molecule has 4 heterocycles. The molecule has 1 N–H and O–H groups in total. The first-order valence-electron chi connectivity index (χ1n) is 9.41. The van der Waals surface area contributed by atoms with Crippen LogP contribution in [0.2, 0.25) is 0 Å². The highest BCUT2D eigenvalue weighted by Gasteiger charge is 2.35. The summed E-state index contributed by atoms with van der Waals surface area (Å²) in [6.07, 6.45) is 4.56. The second-order valence-corrected chi connectivity index (χ2v) is 9.53. The van der Waals surface area contributed by atoms with Crippen LogP contribution in [0.1, 0.15) is 47.2 Å². The average molecular weight is 391 g/mol. The number of aryl methyl sites for hydroxylation is 2. The van der Waals surface area contributed by atoms with Crippen LogP contribution in [0.15, 0.2) is 11.1 Å². The van der Waals surface area contributed by atoms with Gasteiger partial charge in [0.2, 0.25) is 10.0 Å². The Morgan fingerprint density at radius 3 is 2.81 bits per heavy atom. The van der Waals surface area contributed by atoms with E-state index in [1.54, 1.807) is 18.2 Å². The van der Waals surface area contributed by atoms with Crippen LogP contribution in [-0.4, -0.2) is 64.5 Å². The van der Waals surface area contributed by atoms with E-state index >= 15 is 0 Å². The maximum Gasteiger partial charge on any atom is 0.246 e. The van der Waals surface area contributed by atoms with Gasteiger partial charge in [-0.1, -0.05) is 0 Å². The smallest absolute Gasteiger partial charge is 0.246 e. The first kappa shape index (κ1) is 18.5. The summed E-state index contributed by atoms with van der Waals surface area (Å²) in [5, 5.41) is 6.83. The number of nitrogens with one attached hydrogen (secondary N) is 1. The molecule has 1 atom stereocenters. The van der Waals surface area contributed by atoms with Crippen LogP contribution in [0.25, 0.3) is 0 Å². The fourth-order valence-corrected chi connectivity index (χ4v) is 5.95. The minimum Gasteiger partial charge on any atom is -0.302 e. The van der Waals surface area contributed by atoms with Crippen molar-refractivity contribution < 1.29 is 8.42 Å². The number of fused-ring (bicyclic) bond motifs is 1. The predicted molar refractivity (Wildman–Crippen MR) is 101 cm³/mol. The molecule has 2 aromatic rings. The van der Waals surface area contributed by atoms with Crippen LogP contribution in [0.4, 0.5) is 0 Å². The maximum atomic E-state index is 13.2. The Morgan fingerprint density at radius 2 is 2.07 bits per heavy atom. The summed E-state index contributed by atoms with van der Waals surface area (Å²) in [5.74, 6) is 0.810. The van der Waals surface area contributed by atoms with Gasteiger partial charge in [0.05, 0.1) is 11.4 Å². The van der Waals surface area contributed by atoms with E-state index in [0.717, 1.165) is 43.9 Å². The van der Waals surface area contributed by atoms with Gasteiger partial charge in [0.1, 0.15) is 10.7 Å². The van der Waals surface area contributed by atoms with Gasteiger partial charge in [-0.05, 0) is 33.7 Å². The highest BCUT2D eigenvalue weighted by atomic mass is 32.2. The lowest BCUT2D eigenvalue weighted by molar-refractivity contribution is 0.299. The zero-order valence-corrected chi connectivity index (χ0v) is 16.9. The molecular weight excluding hydrogens is 364 g/mol. The van der Waals surface area contributed by atoms with Crippen LogP contribution >= 0.6 is 0 Å². The third-order valence-corrected chi connectivity index (χ3v) is 7.68. The highest BCUT2D eigenvalue weighted by molar-refractivity contribution is 7.89. The molecule has 0 radical (unpaired) electrons. The Balaban J connectivity index is 1.59. The van der Waals surface area contributed by atoms with Crippen LogP contribution in [-0.2, 0) is 23.0 Å². The second kappa shape index (κ2) is 6.96. The average Bonchev–Trinajstić information content (AvgIpc) is 3.00. The summed E-state index contributed by atoms with van der Waals surface area (Å²) >= 11 is 0. The molecule has 2 aromatic heterocycles. The standard InChI is InChI=1S/C18H26N6O2S/c1-12-17(13(2)22-21-12)27(25,26)24-7-4-5-14(11-24)18-19-9-15-10-23(3)8-6-16(15)20-18/h9,14H,4-8,10-11H2,1-3H3,(H,21,22). The van der Waals surface area contributed by atoms with Crippen molar-refractivity contribution in [1.29, 1.82) is 0 Å². The molecule has 1 saturated heterocycles. The minimum absolute atomic E-state index is 0.0333. The number of sulfonamides is 1. The number of likely N-dealkylation sites (N-methyl/N-ethyl adjacent to an activating group) is 1. The van der Waals surface area contributed by atoms with Gasteiger partial charge < -0.3 is 4.90 Å². The topological polar surface area (TPSA) is 95.1 Å². The van der Waals surface area contributed by atoms with Gasteiger partial charge in [0.15, 0.2) is 0 Å². The lowest BCUT2D eigenvalue weighted by atomic mass is 9.98. The molecule has 0 amide bonds. The van der Waals surface area contributed by atoms with Crippen molar-refractivity contribution in [3.63, 3.8) is 0 Å². The summed E-state index contributed by atoms with van der Waals surface area (Å²) in [5.41, 5.74) is 3.39. The summed E-state index contributed by atoms with van der Waals surface area (Å²) < 4.78 is 27.9. The fourth-order valence-electron chi connectivity index (χ4n) is 4.09. The number of rotatable bonds is 3. The minimum atomic E-state index is -3.57. The quantitative estimate of drug-likeness (QED) is 0.851. The normalized spacial score (nSPS) is 22.0. The molecule has 0 bridgehead atoms. The molecule has 0 aliphatic carbocycles. The molecule has 2 aliphatic rings. The van der Waals surface area contributed by atoms with Crippen LogP contribution in [0.5, 0.6) is 0 Å². The van der Waals surface area contributed by atoms with Gasteiger partial charge in [-0.2, -0.15) is 9.40 Å². The molecule has 0 saturated carbocycles. The Hall–Kier alpha value is -1.84. The van der Waals surface area contributed by atoms with E-state index < -0.39 is 10.0 Å². The van der Waals surface area contributed by atoms with Gasteiger partial charge in [0, 0.05) is 56.0 Å². The van der Waals surface area contributed by atoms with E-state index in [0.29, 0.717) is 29.4 Å². The molecular formula is C18H26N6O2S. The Morgan fingerprint density at radius 1 is 1.26 bits per heavy atom. The monoisotopic (exact) mass is 390 g/mol. The third kappa shape index (κ3) is 3.39. The maximum absolute atomic E-state index is 13.2.